The van der Waals surface area contributed by atoms with Crippen molar-refractivity contribution in [3.05, 3.63) is 29.8 Å². The molecule has 26 atom stereocenters. The number of aliphatic hydroxyl groups is 13. The molecule has 5 heterocycles. The number of aliphatic hydroxyl groups excluding tert-OH is 13. The maximum absolute atomic E-state index is 15.4. The molecule has 0 saturated carbocycles. The highest BCUT2D eigenvalue weighted by Crippen LogP contribution is 2.29. The highest BCUT2D eigenvalue weighted by Gasteiger charge is 2.50. The quantitative estimate of drug-likeness (QED) is 0.0281. The number of phenols is 1. The Morgan fingerprint density at radius 3 is 1.61 bits per heavy atom. The summed E-state index contributed by atoms with van der Waals surface area (Å²) in [6.07, 6.45) is -26.0. The Bertz CT molecular complexity index is 3280. The lowest BCUT2D eigenvalue weighted by molar-refractivity contribution is -0.224. The van der Waals surface area contributed by atoms with Crippen molar-refractivity contribution in [1.82, 2.24) is 63.0 Å². The highest BCUT2D eigenvalue weighted by molar-refractivity contribution is 5.98. The molecule has 0 bridgehead atoms. The van der Waals surface area contributed by atoms with E-state index < -0.39 is 250 Å². The van der Waals surface area contributed by atoms with Gasteiger partial charge in [0.05, 0.1) is 42.7 Å². The maximum Gasteiger partial charge on any atom is 0.248 e. The van der Waals surface area contributed by atoms with Gasteiger partial charge in [-0.05, 0) is 88.8 Å². The number of fused-ring (bicyclic) bond motifs is 2. The van der Waals surface area contributed by atoms with Crippen LogP contribution in [0, 0.1) is 11.8 Å². The highest BCUT2D eigenvalue weighted by atomic mass is 16.6. The molecule has 1 aromatic rings. The molecule has 640 valence electrons. The van der Waals surface area contributed by atoms with E-state index in [2.05, 4.69) is 73.9 Å². The number of unbranched alkanes of at least 4 members (excludes halogenated alkanes) is 5. The number of rotatable bonds is 35. The summed E-state index contributed by atoms with van der Waals surface area (Å²) in [4.78, 5) is 158. The summed E-state index contributed by atoms with van der Waals surface area (Å²) in [5.41, 5.74) is -0.167. The SMILES string of the molecule is CC[C@H](C)C[C@H](C)CCCCCCCCC(=O)N[C@H]1C[C@@H](O)[C@@H](NCCNC(=O)CCCC(=O)N[C@H]2O[C@@H](C)[C@H](O)[C@@H](O)[C@H]2O)NC(=O)C2[C@@H](O)CCN2C(=O)[C@H]([C@H](O)CCNC(=O)CCCC(=O)N[C@H]2O[C@@H](C)[C@H](O)[C@@H](O)[C@H]2O)NC(=O)[C@H]([C@H](O)[C@@H](O)c2ccc(O)cc2)NC(=O)[C@@H]2C[C@@H](O)CN2C(=O)[C@H]([C@@H](C)O)NC1=O. The lowest BCUT2D eigenvalue weighted by atomic mass is 9.91. The monoisotopic (exact) mass is 1610 g/mol. The molecule has 24 N–H and O–H groups in total. The van der Waals surface area contributed by atoms with Crippen LogP contribution in [-0.2, 0) is 62.2 Å². The minimum absolute atomic E-state index is 0.0589. The van der Waals surface area contributed by atoms with Gasteiger partial charge in [0, 0.05) is 77.7 Å². The molecule has 5 aliphatic heterocycles. The van der Waals surface area contributed by atoms with Crippen LogP contribution in [0.1, 0.15) is 182 Å². The number of nitrogens with zero attached hydrogens (tertiary/aromatic N) is 2. The number of carbonyl (C=O) groups is 11. The second-order valence-electron chi connectivity index (χ2n) is 30.7. The van der Waals surface area contributed by atoms with Crippen LogP contribution in [0.15, 0.2) is 24.3 Å². The number of hydrogen-bond acceptors (Lipinski definition) is 28. The summed E-state index contributed by atoms with van der Waals surface area (Å²) in [5, 5.41) is 179. The lowest BCUT2D eigenvalue weighted by Gasteiger charge is -2.39. The van der Waals surface area contributed by atoms with Crippen molar-refractivity contribution in [1.29, 1.82) is 0 Å². The van der Waals surface area contributed by atoms with E-state index in [0.717, 1.165) is 85.9 Å². The van der Waals surface area contributed by atoms with Crippen LogP contribution in [-0.4, -0.2) is 319 Å². The zero-order valence-electron chi connectivity index (χ0n) is 65.0. The van der Waals surface area contributed by atoms with E-state index in [1.54, 1.807) is 0 Å². The summed E-state index contributed by atoms with van der Waals surface area (Å²) in [5.74, 6) is -10.5. The predicted molar refractivity (Wildman–Crippen MR) is 397 cm³/mol. The molecular weight excluding hydrogens is 1490 g/mol. The van der Waals surface area contributed by atoms with Gasteiger partial charge >= 0.3 is 0 Å². The number of phenolic OH excluding ortho intramolecular Hbond substituents is 1. The second kappa shape index (κ2) is 45.7. The number of carbonyl (C=O) groups excluding carboxylic acids is 11. The molecule has 113 heavy (non-hydrogen) atoms. The smallest absolute Gasteiger partial charge is 0.248 e. The van der Waals surface area contributed by atoms with Gasteiger partial charge in [-0.2, -0.15) is 0 Å². The van der Waals surface area contributed by atoms with Crippen LogP contribution in [0.5, 0.6) is 5.75 Å². The first-order valence-electron chi connectivity index (χ1n) is 39.3. The van der Waals surface area contributed by atoms with Gasteiger partial charge in [-0.3, -0.25) is 58.1 Å². The normalized spacial score (nSPS) is 31.3. The first kappa shape index (κ1) is 94.4. The number of ether oxygens (including phenoxy) is 2. The Morgan fingerprint density at radius 1 is 0.522 bits per heavy atom. The molecule has 5 aliphatic rings. The summed E-state index contributed by atoms with van der Waals surface area (Å²) in [6, 6.07) is -7.93. The molecule has 0 radical (unpaired) electrons. The summed E-state index contributed by atoms with van der Waals surface area (Å²) < 4.78 is 10.8. The van der Waals surface area contributed by atoms with Crippen molar-refractivity contribution >= 4 is 65.0 Å². The van der Waals surface area contributed by atoms with E-state index in [4.69, 9.17) is 9.47 Å². The second-order valence-corrected chi connectivity index (χ2v) is 30.7. The summed E-state index contributed by atoms with van der Waals surface area (Å²) >= 11 is 0. The molecule has 11 amide bonds. The average molecular weight is 1610 g/mol. The van der Waals surface area contributed by atoms with Crippen LogP contribution < -0.4 is 53.2 Å². The van der Waals surface area contributed by atoms with Gasteiger partial charge < -0.3 is 139 Å². The van der Waals surface area contributed by atoms with Crippen LogP contribution in [0.3, 0.4) is 0 Å². The minimum Gasteiger partial charge on any atom is -0.508 e. The van der Waals surface area contributed by atoms with Crippen LogP contribution >= 0.6 is 0 Å². The van der Waals surface area contributed by atoms with E-state index in [0.29, 0.717) is 24.7 Å². The van der Waals surface area contributed by atoms with E-state index in [-0.39, 0.29) is 75.8 Å². The van der Waals surface area contributed by atoms with E-state index >= 15 is 14.4 Å². The van der Waals surface area contributed by atoms with Gasteiger partial charge in [-0.25, -0.2) is 0 Å². The van der Waals surface area contributed by atoms with Gasteiger partial charge in [0.25, 0.3) is 0 Å². The standard InChI is InChI=1S/C74H122N12O27/c1-7-36(2)32-37(3)16-12-10-8-9-11-13-17-51(95)78-44-34-48(92)66(77-30-29-76-50(94)19-15-21-53(97)80-72-65(105)63(103)59(99)40(6)113-72)84-70(109)57-47(91)27-31-85(57)74(111)55(46(90)26-28-75-49(93)18-14-20-52(96)79-71-64(104)62(102)58(98)39(5)112-71)82-69(108)56(61(101)60(100)41-22-24-42(88)25-23-41)83-68(107)45-33-43(89)35-86(45)73(110)54(38(4)87)81-67(44)106/h22-25,36-40,43-48,54-66,71-72,77,87-92,98-105H,7-21,26-35H2,1-6H3,(H,75,93)(H,76,94)(H,78,95)(H,79,96)(H,80,97)(H,81,106)(H,82,108)(H,83,107)(H,84,109)/t36-,37+,38+,39-,40-,43+,44-,45-,46+,47-,48+,54-,55-,56-,57?,58-,59-,60-,61-,62+,63+,64+,65+,66-,71-,72-/m0/s1. The topological polar surface area (TPSA) is 616 Å². The van der Waals surface area contributed by atoms with Gasteiger partial charge in [0.1, 0.15) is 97.0 Å². The van der Waals surface area contributed by atoms with Crippen molar-refractivity contribution < 1.29 is 134 Å². The van der Waals surface area contributed by atoms with Crippen molar-refractivity contribution in [3.8, 4) is 5.75 Å². The number of hydrogen-bond donors (Lipinski definition) is 24. The molecule has 0 spiro atoms. The van der Waals surface area contributed by atoms with Crippen LogP contribution in [0.2, 0.25) is 0 Å². The molecule has 6 rings (SSSR count). The van der Waals surface area contributed by atoms with Crippen molar-refractivity contribution in [3.63, 3.8) is 0 Å². The van der Waals surface area contributed by atoms with E-state index in [1.165, 1.54) is 13.8 Å². The van der Waals surface area contributed by atoms with Gasteiger partial charge in [-0.15, -0.1) is 0 Å². The zero-order valence-corrected chi connectivity index (χ0v) is 65.0. The predicted octanol–water partition coefficient (Wildman–Crippen LogP) is -6.77. The minimum atomic E-state index is -2.45. The Morgan fingerprint density at radius 2 is 1.04 bits per heavy atom. The Balaban J connectivity index is 1.31. The van der Waals surface area contributed by atoms with Gasteiger partial charge in [0.2, 0.25) is 65.0 Å². The Labute approximate surface area is 655 Å². The fourth-order valence-corrected chi connectivity index (χ4v) is 14.4. The fourth-order valence-electron chi connectivity index (χ4n) is 14.4. The molecule has 5 fully saturated rings. The molecular formula is C74H122N12O27. The number of benzene rings is 1. The largest absolute Gasteiger partial charge is 0.508 e. The number of nitrogens with one attached hydrogen (secondary N) is 10. The maximum atomic E-state index is 15.4. The van der Waals surface area contributed by atoms with Gasteiger partial charge in [-0.1, -0.05) is 77.8 Å². The molecule has 0 aromatic heterocycles. The molecule has 1 unspecified atom stereocenters. The van der Waals surface area contributed by atoms with Gasteiger partial charge in [0.15, 0.2) is 12.5 Å². The lowest BCUT2D eigenvalue weighted by Crippen LogP contribution is -2.65. The summed E-state index contributed by atoms with van der Waals surface area (Å²) in [6.45, 7) is 8.24. The van der Waals surface area contributed by atoms with Crippen molar-refractivity contribution in [2.45, 2.75) is 316 Å². The fraction of sp³-hybridized carbons (Fsp3) is 0.770. The van der Waals surface area contributed by atoms with Crippen LogP contribution in [0.4, 0.5) is 0 Å². The van der Waals surface area contributed by atoms with Crippen molar-refractivity contribution in [2.24, 2.45) is 11.8 Å². The number of aromatic hydroxyl groups is 1. The first-order valence-corrected chi connectivity index (χ1v) is 39.3. The van der Waals surface area contributed by atoms with Crippen molar-refractivity contribution in [2.75, 3.05) is 32.7 Å². The molecule has 39 nitrogen and oxygen atoms in total. The molecule has 0 aliphatic carbocycles. The Kier molecular flexibility index (Phi) is 38.2. The third kappa shape index (κ3) is 28.2. The molecule has 39 heteroatoms. The molecule has 5 saturated heterocycles. The van der Waals surface area contributed by atoms with E-state index in [9.17, 15) is 110 Å². The average Bonchev–Trinajstić information content (AvgIpc) is 1.80. The first-order chi connectivity index (χ1) is 53.4. The van der Waals surface area contributed by atoms with E-state index in [1.807, 2.05) is 0 Å². The molecule has 1 aromatic carbocycles. The van der Waals surface area contributed by atoms with Crippen LogP contribution in [0.25, 0.3) is 0 Å². The number of amides is 11. The Hall–Kier alpha value is -7.45. The zero-order chi connectivity index (χ0) is 83.7. The third-order valence-corrected chi connectivity index (χ3v) is 21.4. The third-order valence-electron chi connectivity index (χ3n) is 21.4. The summed E-state index contributed by atoms with van der Waals surface area (Å²) in [7, 11) is 0.